The van der Waals surface area contributed by atoms with Crippen molar-refractivity contribution in [2.75, 3.05) is 0 Å². The summed E-state index contributed by atoms with van der Waals surface area (Å²) >= 11 is -0.648. The molecule has 2 rings (SSSR count). The Morgan fingerprint density at radius 2 is 2.21 bits per heavy atom. The molecule has 2 aromatic rings. The zero-order chi connectivity index (χ0) is 9.42. The van der Waals surface area contributed by atoms with Gasteiger partial charge in [0.05, 0.1) is 15.2 Å². The van der Waals surface area contributed by atoms with E-state index in [1.54, 1.807) is 18.2 Å². The van der Waals surface area contributed by atoms with Crippen LogP contribution in [0, 0.1) is 6.92 Å². The van der Waals surface area contributed by atoms with Gasteiger partial charge in [0, 0.05) is 4.90 Å². The zero-order valence-electron chi connectivity index (χ0n) is 7.81. The van der Waals surface area contributed by atoms with E-state index in [-0.39, 0.29) is 51.4 Å². The second-order valence-corrected chi connectivity index (χ2v) is 4.77. The van der Waals surface area contributed by atoms with Gasteiger partial charge in [-0.15, -0.1) is 11.3 Å². The van der Waals surface area contributed by atoms with Gasteiger partial charge in [0.25, 0.3) is 0 Å². The quantitative estimate of drug-likeness (QED) is 0.475. The zero-order valence-corrected chi connectivity index (χ0v) is 12.6. The number of aryl methyl sites for hydroxylation is 1. The second kappa shape index (κ2) is 5.27. The fourth-order valence-corrected chi connectivity index (χ4v) is 2.46. The number of thiazole rings is 1. The van der Waals surface area contributed by atoms with E-state index >= 15 is 0 Å². The maximum absolute atomic E-state index is 10.6. The normalized spacial score (nSPS) is 12.4. The average Bonchev–Trinajstić information content (AvgIpc) is 2.42. The summed E-state index contributed by atoms with van der Waals surface area (Å²) in [7, 11) is 0. The third-order valence-corrected chi connectivity index (χ3v) is 3.23. The van der Waals surface area contributed by atoms with Crippen molar-refractivity contribution < 1.29 is 60.1 Å². The molecule has 0 saturated carbocycles. The minimum Gasteiger partial charge on any atom is -0.768 e. The Balaban J connectivity index is 0.000000980. The van der Waals surface area contributed by atoms with E-state index in [4.69, 9.17) is 0 Å². The first-order valence-corrected chi connectivity index (χ1v) is 5.52. The summed E-state index contributed by atoms with van der Waals surface area (Å²) < 4.78 is 22.2. The third kappa shape index (κ3) is 2.70. The molecular weight excluding hydrogens is 245 g/mol. The molecule has 0 aliphatic heterocycles. The summed E-state index contributed by atoms with van der Waals surface area (Å²) in [6.45, 7) is 1.90. The van der Waals surface area contributed by atoms with Crippen LogP contribution in [0.15, 0.2) is 23.1 Å². The molecule has 0 amide bonds. The van der Waals surface area contributed by atoms with Crippen LogP contribution in [0.4, 0.5) is 0 Å². The predicted octanol–water partition coefficient (Wildman–Crippen LogP) is -1.15. The monoisotopic (exact) mass is 251 g/mol. The summed E-state index contributed by atoms with van der Waals surface area (Å²) in [4.78, 5) is 4.55. The van der Waals surface area contributed by atoms with Crippen LogP contribution < -0.4 is 51.4 Å². The molecule has 0 spiro atoms. The molecular formula is C8H6KNO2S2. The van der Waals surface area contributed by atoms with Gasteiger partial charge in [-0.25, -0.2) is 4.98 Å². The molecule has 1 heterocycles. The number of aromatic nitrogens is 1. The smallest absolute Gasteiger partial charge is 0.768 e. The van der Waals surface area contributed by atoms with Crippen molar-refractivity contribution in [1.29, 1.82) is 0 Å². The summed E-state index contributed by atoms with van der Waals surface area (Å²) in [5.41, 5.74) is 0.858. The molecule has 0 N–H and O–H groups in total. The first-order chi connectivity index (χ1) is 6.16. The van der Waals surface area contributed by atoms with Gasteiger partial charge < -0.3 is 4.55 Å². The van der Waals surface area contributed by atoms with E-state index in [0.29, 0.717) is 4.90 Å². The van der Waals surface area contributed by atoms with Crippen LogP contribution in [-0.2, 0) is 11.1 Å². The summed E-state index contributed by atoms with van der Waals surface area (Å²) in [6.07, 6.45) is 0. The maximum atomic E-state index is 10.6. The fraction of sp³-hybridized carbons (Fsp3) is 0.125. The molecule has 0 aliphatic carbocycles. The molecule has 68 valence electrons. The fourth-order valence-electron chi connectivity index (χ4n) is 1.12. The van der Waals surface area contributed by atoms with Crippen molar-refractivity contribution in [1.82, 2.24) is 4.98 Å². The van der Waals surface area contributed by atoms with Crippen molar-refractivity contribution in [3.8, 4) is 0 Å². The minimum atomic E-state index is -2.15. The molecule has 1 aromatic heterocycles. The molecule has 0 radical (unpaired) electrons. The molecule has 6 heteroatoms. The van der Waals surface area contributed by atoms with Crippen molar-refractivity contribution in [2.45, 2.75) is 11.8 Å². The standard InChI is InChI=1S/C8H7NO2S2.K/c1-5-9-7-3-2-6(13(10)11)4-8(7)12-5;/h2-4H,1H3,(H,10,11);/q;+1/p-1. The Hall–Kier alpha value is 0.856. The Bertz CT molecular complexity index is 483. The SMILES string of the molecule is Cc1nc2ccc(S(=O)[O-])cc2s1.[K+]. The van der Waals surface area contributed by atoms with Gasteiger partial charge in [-0.1, -0.05) is 0 Å². The van der Waals surface area contributed by atoms with Crippen molar-refractivity contribution in [2.24, 2.45) is 0 Å². The van der Waals surface area contributed by atoms with Gasteiger partial charge in [-0.3, -0.25) is 4.21 Å². The molecule has 1 unspecified atom stereocenters. The van der Waals surface area contributed by atoms with Crippen LogP contribution in [0.5, 0.6) is 0 Å². The van der Waals surface area contributed by atoms with Gasteiger partial charge >= 0.3 is 51.4 Å². The Morgan fingerprint density at radius 3 is 2.86 bits per heavy atom. The number of benzene rings is 1. The summed E-state index contributed by atoms with van der Waals surface area (Å²) in [5.74, 6) is 0. The number of fused-ring (bicyclic) bond motifs is 1. The minimum absolute atomic E-state index is 0. The van der Waals surface area contributed by atoms with Crippen LogP contribution in [0.25, 0.3) is 10.2 Å². The van der Waals surface area contributed by atoms with Crippen molar-refractivity contribution in [3.63, 3.8) is 0 Å². The number of rotatable bonds is 1. The largest absolute Gasteiger partial charge is 1.00 e. The molecule has 1 aromatic carbocycles. The molecule has 0 bridgehead atoms. The van der Waals surface area contributed by atoms with E-state index in [1.807, 2.05) is 6.92 Å². The van der Waals surface area contributed by atoms with Crippen LogP contribution in [-0.4, -0.2) is 13.7 Å². The van der Waals surface area contributed by atoms with Crippen molar-refractivity contribution in [3.05, 3.63) is 23.2 Å². The van der Waals surface area contributed by atoms with E-state index in [0.717, 1.165) is 15.2 Å². The van der Waals surface area contributed by atoms with E-state index in [1.165, 1.54) is 11.3 Å². The first-order valence-electron chi connectivity index (χ1n) is 3.63. The van der Waals surface area contributed by atoms with E-state index in [2.05, 4.69) is 4.98 Å². The van der Waals surface area contributed by atoms with E-state index in [9.17, 15) is 8.76 Å². The van der Waals surface area contributed by atoms with Crippen LogP contribution in [0.3, 0.4) is 0 Å². The maximum Gasteiger partial charge on any atom is 1.00 e. The van der Waals surface area contributed by atoms with Gasteiger partial charge in [0.2, 0.25) is 0 Å². The number of hydrogen-bond donors (Lipinski definition) is 0. The van der Waals surface area contributed by atoms with Crippen molar-refractivity contribution >= 4 is 32.6 Å². The molecule has 3 nitrogen and oxygen atoms in total. The second-order valence-electron chi connectivity index (χ2n) is 2.60. The average molecular weight is 251 g/mol. The predicted molar refractivity (Wildman–Crippen MR) is 51.5 cm³/mol. The van der Waals surface area contributed by atoms with Crippen LogP contribution >= 0.6 is 11.3 Å². The van der Waals surface area contributed by atoms with Crippen LogP contribution in [0.2, 0.25) is 0 Å². The van der Waals surface area contributed by atoms with Gasteiger partial charge in [-0.2, -0.15) is 0 Å². The molecule has 0 saturated heterocycles. The summed E-state index contributed by atoms with van der Waals surface area (Å²) in [6, 6.07) is 4.93. The topological polar surface area (TPSA) is 53.0 Å². The Morgan fingerprint density at radius 1 is 1.50 bits per heavy atom. The molecule has 14 heavy (non-hydrogen) atoms. The van der Waals surface area contributed by atoms with Gasteiger partial charge in [0.15, 0.2) is 0 Å². The van der Waals surface area contributed by atoms with Gasteiger partial charge in [-0.05, 0) is 36.2 Å². The molecule has 1 atom stereocenters. The Labute approximate surface area is 131 Å². The summed E-state index contributed by atoms with van der Waals surface area (Å²) in [5, 5.41) is 0.948. The number of nitrogens with zero attached hydrogens (tertiary/aromatic N) is 1. The third-order valence-electron chi connectivity index (χ3n) is 1.66. The molecule has 0 fully saturated rings. The van der Waals surface area contributed by atoms with E-state index < -0.39 is 11.1 Å². The first kappa shape index (κ1) is 12.9. The Kier molecular flexibility index (Phi) is 4.86. The van der Waals surface area contributed by atoms with Gasteiger partial charge in [0.1, 0.15) is 0 Å². The number of hydrogen-bond acceptors (Lipinski definition) is 4. The molecule has 0 aliphatic rings. The van der Waals surface area contributed by atoms with Crippen LogP contribution in [0.1, 0.15) is 5.01 Å².